The van der Waals surface area contributed by atoms with Gasteiger partial charge in [0.05, 0.1) is 12.1 Å². The van der Waals surface area contributed by atoms with Gasteiger partial charge < -0.3 is 4.90 Å². The summed E-state index contributed by atoms with van der Waals surface area (Å²) in [6, 6.07) is 18.3. The lowest BCUT2D eigenvalue weighted by Gasteiger charge is -2.49. The fourth-order valence-electron chi connectivity index (χ4n) is 4.34. The third kappa shape index (κ3) is 5.37. The molecule has 172 valence electrons. The molecule has 7 heteroatoms. The molecule has 0 spiro atoms. The zero-order chi connectivity index (χ0) is 23.5. The average Bonchev–Trinajstić information content (AvgIpc) is 2.74. The lowest BCUT2D eigenvalue weighted by atomic mass is 9.92. The van der Waals surface area contributed by atoms with E-state index in [0.29, 0.717) is 36.0 Å². The SMILES string of the molecule is CCCC(=O)N(c1cc(F)cc(F)c1)C1CN(C(c2ccc(Cl)cc2)c2ccc(Cl)cc2)C1. The normalized spacial score (nSPS) is 14.4. The minimum absolute atomic E-state index is 0.0665. The second-order valence-corrected chi connectivity index (χ2v) is 9.13. The van der Waals surface area contributed by atoms with Crippen molar-refractivity contribution >= 4 is 34.8 Å². The summed E-state index contributed by atoms with van der Waals surface area (Å²) < 4.78 is 27.9. The summed E-state index contributed by atoms with van der Waals surface area (Å²) in [5.74, 6) is -1.53. The fraction of sp³-hybridized carbons (Fsp3) is 0.269. The number of hydrogen-bond acceptors (Lipinski definition) is 2. The smallest absolute Gasteiger partial charge is 0.227 e. The molecule has 1 amide bonds. The Balaban J connectivity index is 1.62. The molecule has 1 aliphatic rings. The minimum Gasteiger partial charge on any atom is -0.307 e. The predicted octanol–water partition coefficient (Wildman–Crippen LogP) is 6.88. The van der Waals surface area contributed by atoms with Crippen molar-refractivity contribution in [2.24, 2.45) is 0 Å². The summed E-state index contributed by atoms with van der Waals surface area (Å²) in [7, 11) is 0. The van der Waals surface area contributed by atoms with Gasteiger partial charge in [-0.1, -0.05) is 54.4 Å². The first-order chi connectivity index (χ1) is 15.9. The molecule has 1 fully saturated rings. The number of anilines is 1. The molecule has 0 saturated carbocycles. The highest BCUT2D eigenvalue weighted by atomic mass is 35.5. The van der Waals surface area contributed by atoms with E-state index >= 15 is 0 Å². The first-order valence-corrected chi connectivity index (χ1v) is 11.6. The van der Waals surface area contributed by atoms with Gasteiger partial charge >= 0.3 is 0 Å². The van der Waals surface area contributed by atoms with E-state index in [1.807, 2.05) is 55.5 Å². The van der Waals surface area contributed by atoms with Crippen LogP contribution in [0.2, 0.25) is 10.0 Å². The Morgan fingerprint density at radius 1 is 0.939 bits per heavy atom. The lowest BCUT2D eigenvalue weighted by Crippen LogP contribution is -2.62. The van der Waals surface area contributed by atoms with Gasteiger partial charge in [-0.3, -0.25) is 9.69 Å². The second kappa shape index (κ2) is 10.2. The Kier molecular flexibility index (Phi) is 7.32. The van der Waals surface area contributed by atoms with Gasteiger partial charge in [0.1, 0.15) is 11.6 Å². The number of carbonyl (C=O) groups is 1. The van der Waals surface area contributed by atoms with Crippen LogP contribution in [0.3, 0.4) is 0 Å². The summed E-state index contributed by atoms with van der Waals surface area (Å²) in [5, 5.41) is 1.30. The van der Waals surface area contributed by atoms with Crippen molar-refractivity contribution < 1.29 is 13.6 Å². The Labute approximate surface area is 202 Å². The Morgan fingerprint density at radius 2 is 1.42 bits per heavy atom. The standard InChI is InChI=1S/C26H24Cl2F2N2O/c1-2-3-25(33)32(23-13-21(29)12-22(30)14-23)24-15-31(16-24)26(17-4-8-19(27)9-5-17)18-6-10-20(28)11-7-18/h4-14,24,26H,2-3,15-16H2,1H3. The number of hydrogen-bond donors (Lipinski definition) is 0. The van der Waals surface area contributed by atoms with Crippen LogP contribution in [0, 0.1) is 11.6 Å². The van der Waals surface area contributed by atoms with Crippen molar-refractivity contribution in [1.82, 2.24) is 4.90 Å². The molecule has 33 heavy (non-hydrogen) atoms. The highest BCUT2D eigenvalue weighted by Gasteiger charge is 2.39. The molecule has 1 saturated heterocycles. The summed E-state index contributed by atoms with van der Waals surface area (Å²) in [6.07, 6.45) is 0.966. The summed E-state index contributed by atoms with van der Waals surface area (Å²) in [4.78, 5) is 16.7. The van der Waals surface area contributed by atoms with Crippen molar-refractivity contribution in [3.8, 4) is 0 Å². The second-order valence-electron chi connectivity index (χ2n) is 8.25. The number of amides is 1. The van der Waals surface area contributed by atoms with Crippen LogP contribution in [0.1, 0.15) is 36.9 Å². The van der Waals surface area contributed by atoms with Crippen LogP contribution in [-0.4, -0.2) is 29.9 Å². The molecule has 0 atom stereocenters. The topological polar surface area (TPSA) is 23.6 Å². The Morgan fingerprint density at radius 3 is 1.88 bits per heavy atom. The Hall–Kier alpha value is -2.47. The maximum Gasteiger partial charge on any atom is 0.227 e. The van der Waals surface area contributed by atoms with Gasteiger partial charge in [-0.2, -0.15) is 0 Å². The van der Waals surface area contributed by atoms with Crippen molar-refractivity contribution in [2.45, 2.75) is 31.8 Å². The van der Waals surface area contributed by atoms with Crippen molar-refractivity contribution in [3.05, 3.63) is 99.5 Å². The average molecular weight is 489 g/mol. The molecular formula is C26H24Cl2F2N2O. The fourth-order valence-corrected chi connectivity index (χ4v) is 4.59. The van der Waals surface area contributed by atoms with Gasteiger partial charge in [0.15, 0.2) is 0 Å². The summed E-state index contributed by atoms with van der Waals surface area (Å²) in [6.45, 7) is 3.03. The van der Waals surface area contributed by atoms with Crippen LogP contribution in [0.5, 0.6) is 0 Å². The number of carbonyl (C=O) groups excluding carboxylic acids is 1. The molecule has 3 aromatic rings. The molecule has 3 nitrogen and oxygen atoms in total. The molecular weight excluding hydrogens is 465 g/mol. The molecule has 0 N–H and O–H groups in total. The number of likely N-dealkylation sites (tertiary alicyclic amines) is 1. The quantitative estimate of drug-likeness (QED) is 0.361. The van der Waals surface area contributed by atoms with E-state index in [-0.39, 0.29) is 23.7 Å². The number of nitrogens with zero attached hydrogens (tertiary/aromatic N) is 2. The van der Waals surface area contributed by atoms with Gasteiger partial charge in [-0.25, -0.2) is 8.78 Å². The third-order valence-electron chi connectivity index (χ3n) is 5.85. The molecule has 0 aliphatic carbocycles. The molecule has 0 bridgehead atoms. The van der Waals surface area contributed by atoms with Gasteiger partial charge in [0, 0.05) is 41.3 Å². The maximum atomic E-state index is 13.9. The zero-order valence-corrected chi connectivity index (χ0v) is 19.7. The number of halogens is 4. The molecule has 0 radical (unpaired) electrons. The lowest BCUT2D eigenvalue weighted by molar-refractivity contribution is -0.120. The molecule has 3 aromatic carbocycles. The van der Waals surface area contributed by atoms with Gasteiger partial charge in [0.25, 0.3) is 0 Å². The Bertz CT molecular complexity index is 1050. The largest absolute Gasteiger partial charge is 0.307 e. The van der Waals surface area contributed by atoms with Crippen molar-refractivity contribution in [2.75, 3.05) is 18.0 Å². The molecule has 4 rings (SSSR count). The molecule has 1 aliphatic heterocycles. The first-order valence-electron chi connectivity index (χ1n) is 10.9. The van der Waals surface area contributed by atoms with Crippen LogP contribution in [0.25, 0.3) is 0 Å². The van der Waals surface area contributed by atoms with Crippen molar-refractivity contribution in [1.29, 1.82) is 0 Å². The van der Waals surface area contributed by atoms with Crippen LogP contribution in [0.4, 0.5) is 14.5 Å². The van der Waals surface area contributed by atoms with Gasteiger partial charge in [0.2, 0.25) is 5.91 Å². The van der Waals surface area contributed by atoms with Gasteiger partial charge in [-0.15, -0.1) is 0 Å². The highest BCUT2D eigenvalue weighted by molar-refractivity contribution is 6.30. The maximum absolute atomic E-state index is 13.9. The van der Waals surface area contributed by atoms with Crippen LogP contribution in [0.15, 0.2) is 66.7 Å². The van der Waals surface area contributed by atoms with Crippen LogP contribution in [-0.2, 0) is 4.79 Å². The predicted molar refractivity (Wildman–Crippen MR) is 129 cm³/mol. The van der Waals surface area contributed by atoms with E-state index in [4.69, 9.17) is 23.2 Å². The highest BCUT2D eigenvalue weighted by Crippen LogP contribution is 2.36. The monoisotopic (exact) mass is 488 g/mol. The first kappa shape index (κ1) is 23.7. The van der Waals surface area contributed by atoms with Gasteiger partial charge in [-0.05, 0) is 53.9 Å². The summed E-state index contributed by atoms with van der Waals surface area (Å²) >= 11 is 12.2. The van der Waals surface area contributed by atoms with E-state index in [2.05, 4.69) is 4.90 Å². The third-order valence-corrected chi connectivity index (χ3v) is 6.35. The molecule has 0 unspecified atom stereocenters. The molecule has 0 aromatic heterocycles. The minimum atomic E-state index is -0.698. The van der Waals surface area contributed by atoms with Crippen LogP contribution >= 0.6 is 23.2 Å². The van der Waals surface area contributed by atoms with E-state index in [1.165, 1.54) is 12.1 Å². The van der Waals surface area contributed by atoms with E-state index in [9.17, 15) is 13.6 Å². The van der Waals surface area contributed by atoms with E-state index < -0.39 is 11.6 Å². The molecule has 1 heterocycles. The van der Waals surface area contributed by atoms with Crippen molar-refractivity contribution in [3.63, 3.8) is 0 Å². The number of rotatable bonds is 7. The zero-order valence-electron chi connectivity index (χ0n) is 18.1. The summed E-state index contributed by atoms with van der Waals surface area (Å²) in [5.41, 5.74) is 2.37. The van der Waals surface area contributed by atoms with E-state index in [0.717, 1.165) is 17.2 Å². The van der Waals surface area contributed by atoms with Crippen LogP contribution < -0.4 is 4.90 Å². The van der Waals surface area contributed by atoms with E-state index in [1.54, 1.807) is 4.90 Å². The number of benzene rings is 3.